The van der Waals surface area contributed by atoms with E-state index in [2.05, 4.69) is 20.2 Å². The number of ether oxygens (including phenoxy) is 4. The van der Waals surface area contributed by atoms with Crippen molar-refractivity contribution >= 4 is 29.4 Å². The maximum atomic E-state index is 12.1. The van der Waals surface area contributed by atoms with Gasteiger partial charge in [-0.15, -0.1) is 0 Å². The highest BCUT2D eigenvalue weighted by molar-refractivity contribution is 6.32. The molecule has 0 amide bonds. The van der Waals surface area contributed by atoms with E-state index in [9.17, 15) is 9.59 Å². The molecule has 4 fully saturated rings. The molecule has 6 heterocycles. The van der Waals surface area contributed by atoms with Gasteiger partial charge in [-0.3, -0.25) is 0 Å². The lowest BCUT2D eigenvalue weighted by molar-refractivity contribution is -0.0130. The molecule has 0 radical (unpaired) electrons. The Morgan fingerprint density at radius 2 is 1.33 bits per heavy atom. The van der Waals surface area contributed by atoms with Gasteiger partial charge in [-0.1, -0.05) is 11.6 Å². The fourth-order valence-electron chi connectivity index (χ4n) is 5.75. The van der Waals surface area contributed by atoms with E-state index >= 15 is 0 Å². The number of hydrogen-bond acceptors (Lipinski definition) is 10. The lowest BCUT2D eigenvalue weighted by Crippen LogP contribution is -2.59. The van der Waals surface area contributed by atoms with Crippen molar-refractivity contribution in [2.45, 2.75) is 53.4 Å². The van der Waals surface area contributed by atoms with Crippen LogP contribution in [0.2, 0.25) is 5.15 Å². The topological polar surface area (TPSA) is 112 Å². The smallest absolute Gasteiger partial charge is 0.341 e. The number of nitrogens with zero attached hydrogens (tertiary/aromatic N) is 3. The summed E-state index contributed by atoms with van der Waals surface area (Å²) in [5, 5.41) is 3.50. The molecule has 0 bridgehead atoms. The number of esters is 2. The Morgan fingerprint density at radius 3 is 1.81 bits per heavy atom. The van der Waals surface area contributed by atoms with Crippen LogP contribution in [0.3, 0.4) is 0 Å². The van der Waals surface area contributed by atoms with Crippen molar-refractivity contribution in [3.05, 3.63) is 51.9 Å². The van der Waals surface area contributed by atoms with Crippen LogP contribution in [0.15, 0.2) is 24.5 Å². The summed E-state index contributed by atoms with van der Waals surface area (Å²) in [6.45, 7) is 16.1. The van der Waals surface area contributed by atoms with Crippen molar-refractivity contribution in [1.29, 1.82) is 0 Å². The van der Waals surface area contributed by atoms with Crippen molar-refractivity contribution in [3.63, 3.8) is 0 Å². The highest BCUT2D eigenvalue weighted by Gasteiger charge is 2.45. The minimum absolute atomic E-state index is 0.184. The molecule has 2 aromatic heterocycles. The lowest BCUT2D eigenvalue weighted by atomic mass is 9.73. The van der Waals surface area contributed by atoms with Crippen LogP contribution >= 0.6 is 11.6 Å². The molecule has 10 nitrogen and oxygen atoms in total. The standard InChI is InChI=1S/C16H22N2O3.C9H10ClNO2.C7H13NO/c1-3-21-15(19)13-8-12(2)9-17-14(13)18-10-16(11-18)4-6-20-7-5-16;1-3-13-9(12)7-4-6(2)5-11-8(7)10;1-3-9-4-2-7(1)5-8-6-7/h8-9H,3-7,10-11H2,1-2H3;4-5H,3H2,1-2H3;8H,1-6H2. The summed E-state index contributed by atoms with van der Waals surface area (Å²) in [7, 11) is 0. The Bertz CT molecular complexity index is 1230. The van der Waals surface area contributed by atoms with Gasteiger partial charge in [0, 0.05) is 70.4 Å². The van der Waals surface area contributed by atoms with E-state index in [0.717, 1.165) is 69.3 Å². The van der Waals surface area contributed by atoms with E-state index in [1.807, 2.05) is 33.0 Å². The van der Waals surface area contributed by atoms with Crippen LogP contribution in [0.4, 0.5) is 5.82 Å². The van der Waals surface area contributed by atoms with Gasteiger partial charge in [-0.05, 0) is 82.1 Å². The first-order valence-corrected chi connectivity index (χ1v) is 15.6. The molecular weight excluding hydrogens is 572 g/mol. The SMILES string of the molecule is C1CC2(CCO1)CNC2.CCOC(=O)c1cc(C)cnc1Cl.CCOC(=O)c1cc(C)cnc1N1CC2(CCOCC2)C1. The van der Waals surface area contributed by atoms with Gasteiger partial charge in [0.1, 0.15) is 16.5 Å². The molecule has 43 heavy (non-hydrogen) atoms. The summed E-state index contributed by atoms with van der Waals surface area (Å²) >= 11 is 5.71. The highest BCUT2D eigenvalue weighted by atomic mass is 35.5. The zero-order valence-electron chi connectivity index (χ0n) is 25.9. The number of anilines is 1. The first-order chi connectivity index (χ1) is 20.7. The summed E-state index contributed by atoms with van der Waals surface area (Å²) < 4.78 is 20.7. The summed E-state index contributed by atoms with van der Waals surface area (Å²) in [5.74, 6) is 0.0523. The largest absolute Gasteiger partial charge is 0.462 e. The molecule has 0 unspecified atom stereocenters. The average molecular weight is 617 g/mol. The molecule has 4 aliphatic heterocycles. The fraction of sp³-hybridized carbons (Fsp3) is 0.625. The van der Waals surface area contributed by atoms with Crippen LogP contribution in [0.5, 0.6) is 0 Å². The zero-order chi connectivity index (χ0) is 30.9. The van der Waals surface area contributed by atoms with E-state index < -0.39 is 5.97 Å². The van der Waals surface area contributed by atoms with Crippen molar-refractivity contribution in [1.82, 2.24) is 15.3 Å². The third kappa shape index (κ3) is 8.65. The molecule has 1 N–H and O–H groups in total. The van der Waals surface area contributed by atoms with E-state index in [0.29, 0.717) is 35.2 Å². The number of carbonyl (C=O) groups excluding carboxylic acids is 2. The van der Waals surface area contributed by atoms with Gasteiger partial charge in [-0.25, -0.2) is 19.6 Å². The van der Waals surface area contributed by atoms with Crippen LogP contribution < -0.4 is 10.2 Å². The Hall–Kier alpha value is -2.79. The minimum atomic E-state index is -0.427. The number of nitrogens with one attached hydrogen (secondary N) is 1. The first-order valence-electron chi connectivity index (χ1n) is 15.2. The maximum Gasteiger partial charge on any atom is 0.341 e. The van der Waals surface area contributed by atoms with Crippen LogP contribution in [0.1, 0.15) is 71.4 Å². The third-order valence-electron chi connectivity index (χ3n) is 8.43. The minimum Gasteiger partial charge on any atom is -0.462 e. The second kappa shape index (κ2) is 15.3. The van der Waals surface area contributed by atoms with E-state index in [-0.39, 0.29) is 11.1 Å². The summed E-state index contributed by atoms with van der Waals surface area (Å²) in [6.07, 6.45) is 8.17. The van der Waals surface area contributed by atoms with Crippen molar-refractivity contribution in [2.24, 2.45) is 10.8 Å². The number of rotatable bonds is 5. The summed E-state index contributed by atoms with van der Waals surface area (Å²) in [4.78, 5) is 33.9. The van der Waals surface area contributed by atoms with Gasteiger partial charge in [0.25, 0.3) is 0 Å². The highest BCUT2D eigenvalue weighted by Crippen LogP contribution is 2.42. The molecule has 0 aromatic carbocycles. The van der Waals surface area contributed by atoms with Crippen molar-refractivity contribution in [2.75, 3.05) is 70.7 Å². The predicted molar refractivity (Wildman–Crippen MR) is 165 cm³/mol. The molecule has 0 atom stereocenters. The fourth-order valence-corrected chi connectivity index (χ4v) is 5.93. The van der Waals surface area contributed by atoms with Gasteiger partial charge in [0.05, 0.1) is 18.8 Å². The number of aromatic nitrogens is 2. The molecule has 11 heteroatoms. The van der Waals surface area contributed by atoms with Crippen molar-refractivity contribution < 1.29 is 28.5 Å². The lowest BCUT2D eigenvalue weighted by Gasteiger charge is -2.53. The number of carbonyl (C=O) groups is 2. The Morgan fingerprint density at radius 1 is 0.837 bits per heavy atom. The molecule has 2 spiro atoms. The monoisotopic (exact) mass is 616 g/mol. The predicted octanol–water partition coefficient (Wildman–Crippen LogP) is 4.79. The van der Waals surface area contributed by atoms with E-state index in [4.69, 9.17) is 30.5 Å². The number of pyridine rings is 2. The molecule has 236 valence electrons. The van der Waals surface area contributed by atoms with E-state index in [1.165, 1.54) is 25.9 Å². The number of aryl methyl sites for hydroxylation is 2. The molecular formula is C32H45ClN4O6. The van der Waals surface area contributed by atoms with E-state index in [1.54, 1.807) is 19.2 Å². The van der Waals surface area contributed by atoms with Crippen LogP contribution in [-0.2, 0) is 18.9 Å². The number of hydrogen-bond donors (Lipinski definition) is 1. The third-order valence-corrected chi connectivity index (χ3v) is 8.73. The Kier molecular flexibility index (Phi) is 11.8. The van der Waals surface area contributed by atoms with Crippen LogP contribution in [0, 0.1) is 24.7 Å². The van der Waals surface area contributed by atoms with Gasteiger partial charge < -0.3 is 29.2 Å². The second-order valence-electron chi connectivity index (χ2n) is 11.9. The Labute approximate surface area is 259 Å². The van der Waals surface area contributed by atoms with Gasteiger partial charge >= 0.3 is 11.9 Å². The molecule has 2 aromatic rings. The molecule has 4 aliphatic rings. The van der Waals surface area contributed by atoms with Crippen LogP contribution in [-0.4, -0.2) is 87.7 Å². The van der Waals surface area contributed by atoms with Crippen LogP contribution in [0.25, 0.3) is 0 Å². The summed E-state index contributed by atoms with van der Waals surface area (Å²) in [6, 6.07) is 3.53. The second-order valence-corrected chi connectivity index (χ2v) is 12.2. The molecule has 6 rings (SSSR count). The molecule has 0 aliphatic carbocycles. The normalized spacial score (nSPS) is 19.5. The first kappa shape index (κ1) is 33.1. The average Bonchev–Trinajstić information content (AvgIpc) is 2.98. The zero-order valence-corrected chi connectivity index (χ0v) is 26.6. The van der Waals surface area contributed by atoms with Gasteiger partial charge in [0.15, 0.2) is 0 Å². The van der Waals surface area contributed by atoms with Gasteiger partial charge in [-0.2, -0.15) is 0 Å². The quantitative estimate of drug-likeness (QED) is 0.372. The summed E-state index contributed by atoms with van der Waals surface area (Å²) in [5.41, 5.74) is 3.78. The maximum absolute atomic E-state index is 12.1. The molecule has 4 saturated heterocycles. The van der Waals surface area contributed by atoms with Crippen molar-refractivity contribution in [3.8, 4) is 0 Å². The Balaban J connectivity index is 0.000000163. The molecule has 0 saturated carbocycles. The number of halogens is 1. The van der Waals surface area contributed by atoms with Gasteiger partial charge in [0.2, 0.25) is 0 Å².